The number of carbonyl (C=O) groups is 1. The monoisotopic (exact) mass is 380 g/mol. The normalized spacial score (nSPS) is 16.0. The lowest BCUT2D eigenvalue weighted by Crippen LogP contribution is -2.41. The number of amides is 1. The Bertz CT molecular complexity index is 928. The smallest absolute Gasteiger partial charge is 0.233 e. The fourth-order valence-corrected chi connectivity index (χ4v) is 4.17. The Hall–Kier alpha value is -2.80. The molecule has 0 spiro atoms. The fraction of sp³-hybridized carbons (Fsp3) is 0.250. The minimum atomic E-state index is -0.202. The largest absolute Gasteiger partial charge is 0.497 e. The zero-order valence-corrected chi connectivity index (χ0v) is 15.8. The molecule has 1 amide bonds. The lowest BCUT2D eigenvalue weighted by atomic mass is 9.97. The number of benzene rings is 1. The van der Waals surface area contributed by atoms with Crippen LogP contribution in [0.4, 0.5) is 0 Å². The number of nitrogens with one attached hydrogen (secondary N) is 1. The summed E-state index contributed by atoms with van der Waals surface area (Å²) in [5.41, 5.74) is 2.98. The molecule has 6 nitrogen and oxygen atoms in total. The first kappa shape index (κ1) is 17.6. The van der Waals surface area contributed by atoms with Gasteiger partial charge in [-0.1, -0.05) is 12.1 Å². The van der Waals surface area contributed by atoms with Gasteiger partial charge in [0.1, 0.15) is 11.8 Å². The maximum absolute atomic E-state index is 13.1. The van der Waals surface area contributed by atoms with Crippen LogP contribution in [0.2, 0.25) is 0 Å². The molecule has 3 heterocycles. The molecule has 1 N–H and O–H groups in total. The standard InChI is InChI=1S/C20H20N4O2S/c1-26-15-5-2-6-16(10-15)27-12-18(25)24-9-7-17-19(23-13-22-17)20(24)14-4-3-8-21-11-14/h2-6,8,10-11,13,20H,7,9,12H2,1H3,(H,22,23). The number of hydrogen-bond donors (Lipinski definition) is 1. The van der Waals surface area contributed by atoms with Gasteiger partial charge in [0.2, 0.25) is 5.91 Å². The number of fused-ring (bicyclic) bond motifs is 1. The van der Waals surface area contributed by atoms with Crippen molar-refractivity contribution in [1.82, 2.24) is 19.9 Å². The number of carbonyl (C=O) groups excluding carboxylic acids is 1. The maximum atomic E-state index is 13.1. The average Bonchev–Trinajstić information content (AvgIpc) is 3.21. The third kappa shape index (κ3) is 3.68. The molecule has 2 aromatic heterocycles. The summed E-state index contributed by atoms with van der Waals surface area (Å²) in [5.74, 6) is 1.24. The Labute approximate surface area is 162 Å². The Balaban J connectivity index is 1.55. The second-order valence-electron chi connectivity index (χ2n) is 6.26. The van der Waals surface area contributed by atoms with Gasteiger partial charge in [-0.25, -0.2) is 4.98 Å². The molecule has 3 aromatic rings. The van der Waals surface area contributed by atoms with Crippen LogP contribution in [0.3, 0.4) is 0 Å². The highest BCUT2D eigenvalue weighted by molar-refractivity contribution is 8.00. The molecule has 0 radical (unpaired) electrons. The summed E-state index contributed by atoms with van der Waals surface area (Å²) in [6.07, 6.45) is 6.03. The van der Waals surface area contributed by atoms with E-state index in [1.807, 2.05) is 47.5 Å². The van der Waals surface area contributed by atoms with Crippen LogP contribution in [-0.2, 0) is 11.2 Å². The third-order valence-corrected chi connectivity index (χ3v) is 5.63. The van der Waals surface area contributed by atoms with Gasteiger partial charge in [-0.3, -0.25) is 9.78 Å². The van der Waals surface area contributed by atoms with E-state index in [-0.39, 0.29) is 11.9 Å². The first-order chi connectivity index (χ1) is 13.3. The maximum Gasteiger partial charge on any atom is 0.233 e. The number of hydrogen-bond acceptors (Lipinski definition) is 5. The van der Waals surface area contributed by atoms with Crippen LogP contribution in [-0.4, -0.2) is 45.2 Å². The highest BCUT2D eigenvalue weighted by Gasteiger charge is 2.33. The topological polar surface area (TPSA) is 71.1 Å². The zero-order valence-electron chi connectivity index (χ0n) is 15.0. The molecule has 7 heteroatoms. The summed E-state index contributed by atoms with van der Waals surface area (Å²) >= 11 is 1.52. The van der Waals surface area contributed by atoms with E-state index in [1.165, 1.54) is 11.8 Å². The van der Waals surface area contributed by atoms with E-state index in [4.69, 9.17) is 4.74 Å². The highest BCUT2D eigenvalue weighted by atomic mass is 32.2. The van der Waals surface area contributed by atoms with Crippen LogP contribution in [0.15, 0.2) is 60.0 Å². The first-order valence-electron chi connectivity index (χ1n) is 8.74. The molecule has 1 atom stereocenters. The van der Waals surface area contributed by atoms with Crippen LogP contribution < -0.4 is 4.74 Å². The minimum Gasteiger partial charge on any atom is -0.497 e. The molecule has 1 aromatic carbocycles. The van der Waals surface area contributed by atoms with E-state index in [9.17, 15) is 4.79 Å². The number of aromatic nitrogens is 3. The van der Waals surface area contributed by atoms with Crippen molar-refractivity contribution in [2.24, 2.45) is 0 Å². The van der Waals surface area contributed by atoms with Gasteiger partial charge in [0.25, 0.3) is 0 Å². The molecule has 0 aliphatic carbocycles. The van der Waals surface area contributed by atoms with E-state index >= 15 is 0 Å². The van der Waals surface area contributed by atoms with Crippen molar-refractivity contribution in [2.45, 2.75) is 17.4 Å². The third-order valence-electron chi connectivity index (χ3n) is 4.65. The van der Waals surface area contributed by atoms with Crippen molar-refractivity contribution in [3.05, 3.63) is 72.1 Å². The van der Waals surface area contributed by atoms with Gasteiger partial charge < -0.3 is 14.6 Å². The van der Waals surface area contributed by atoms with E-state index in [2.05, 4.69) is 15.0 Å². The molecular formula is C20H20N4O2S. The molecule has 0 saturated heterocycles. The SMILES string of the molecule is COc1cccc(SCC(=O)N2CCc3[nH]cnc3C2c2cccnc2)c1. The predicted octanol–water partition coefficient (Wildman–Crippen LogP) is 3.08. The van der Waals surface area contributed by atoms with Gasteiger partial charge in [0, 0.05) is 35.9 Å². The van der Waals surface area contributed by atoms with Crippen LogP contribution in [0.25, 0.3) is 0 Å². The summed E-state index contributed by atoms with van der Waals surface area (Å²) in [6.45, 7) is 0.659. The number of H-pyrrole nitrogens is 1. The van der Waals surface area contributed by atoms with Gasteiger partial charge >= 0.3 is 0 Å². The van der Waals surface area contributed by atoms with Crippen molar-refractivity contribution in [3.63, 3.8) is 0 Å². The summed E-state index contributed by atoms with van der Waals surface area (Å²) in [6, 6.07) is 11.4. The predicted molar refractivity (Wildman–Crippen MR) is 104 cm³/mol. The Morgan fingerprint density at radius 1 is 1.37 bits per heavy atom. The number of methoxy groups -OCH3 is 1. The van der Waals surface area contributed by atoms with Crippen molar-refractivity contribution in [2.75, 3.05) is 19.4 Å². The summed E-state index contributed by atoms with van der Waals surface area (Å²) in [7, 11) is 1.64. The van der Waals surface area contributed by atoms with Crippen molar-refractivity contribution < 1.29 is 9.53 Å². The number of rotatable bonds is 5. The van der Waals surface area contributed by atoms with E-state index < -0.39 is 0 Å². The lowest BCUT2D eigenvalue weighted by Gasteiger charge is -2.35. The summed E-state index contributed by atoms with van der Waals surface area (Å²) in [5, 5.41) is 0. The Morgan fingerprint density at radius 3 is 3.11 bits per heavy atom. The van der Waals surface area contributed by atoms with Crippen LogP contribution in [0.5, 0.6) is 5.75 Å². The Kier molecular flexibility index (Phi) is 5.11. The lowest BCUT2D eigenvalue weighted by molar-refractivity contribution is -0.130. The molecule has 1 unspecified atom stereocenters. The first-order valence-corrected chi connectivity index (χ1v) is 9.73. The van der Waals surface area contributed by atoms with Crippen LogP contribution in [0.1, 0.15) is 23.0 Å². The molecule has 27 heavy (non-hydrogen) atoms. The molecule has 0 saturated carbocycles. The van der Waals surface area contributed by atoms with Crippen molar-refractivity contribution >= 4 is 17.7 Å². The molecule has 138 valence electrons. The summed E-state index contributed by atoms with van der Waals surface area (Å²) < 4.78 is 5.26. The van der Waals surface area contributed by atoms with E-state index in [1.54, 1.807) is 19.6 Å². The molecule has 0 bridgehead atoms. The molecule has 1 aliphatic heterocycles. The second-order valence-corrected chi connectivity index (χ2v) is 7.31. The van der Waals surface area contributed by atoms with Gasteiger partial charge in [0.15, 0.2) is 0 Å². The molecule has 0 fully saturated rings. The molecule has 1 aliphatic rings. The second kappa shape index (κ2) is 7.84. The van der Waals surface area contributed by atoms with Crippen molar-refractivity contribution in [1.29, 1.82) is 0 Å². The number of pyridine rings is 1. The zero-order chi connectivity index (χ0) is 18.6. The van der Waals surface area contributed by atoms with Gasteiger partial charge in [0.05, 0.1) is 24.9 Å². The van der Waals surface area contributed by atoms with Gasteiger partial charge in [-0.05, 0) is 29.8 Å². The Morgan fingerprint density at radius 2 is 2.30 bits per heavy atom. The minimum absolute atomic E-state index is 0.0883. The van der Waals surface area contributed by atoms with E-state index in [0.717, 1.165) is 34.0 Å². The number of imidazole rings is 1. The quantitative estimate of drug-likeness (QED) is 0.689. The highest BCUT2D eigenvalue weighted by Crippen LogP contribution is 2.34. The van der Waals surface area contributed by atoms with Crippen molar-refractivity contribution in [3.8, 4) is 5.75 Å². The number of thioether (sulfide) groups is 1. The number of ether oxygens (including phenoxy) is 1. The number of nitrogens with zero attached hydrogens (tertiary/aromatic N) is 3. The molecule has 4 rings (SSSR count). The van der Waals surface area contributed by atoms with Crippen LogP contribution in [0, 0.1) is 0 Å². The van der Waals surface area contributed by atoms with Gasteiger partial charge in [-0.2, -0.15) is 0 Å². The van der Waals surface area contributed by atoms with Gasteiger partial charge in [-0.15, -0.1) is 11.8 Å². The number of aromatic amines is 1. The molecular weight excluding hydrogens is 360 g/mol. The summed E-state index contributed by atoms with van der Waals surface area (Å²) in [4.78, 5) is 27.9. The average molecular weight is 380 g/mol. The fourth-order valence-electron chi connectivity index (χ4n) is 3.34. The van der Waals surface area contributed by atoms with E-state index in [0.29, 0.717) is 12.3 Å². The van der Waals surface area contributed by atoms with Crippen LogP contribution >= 0.6 is 11.8 Å².